The first-order chi connectivity index (χ1) is 10.6. The molecule has 0 aliphatic rings. The fraction of sp³-hybridized carbons (Fsp3) is 0.533. The molecule has 7 heteroatoms. The highest BCUT2D eigenvalue weighted by molar-refractivity contribution is 7.11. The van der Waals surface area contributed by atoms with Crippen molar-refractivity contribution in [2.45, 2.75) is 40.2 Å². The Bertz CT molecular complexity index is 612. The molecule has 0 bridgehead atoms. The molecule has 120 valence electrons. The lowest BCUT2D eigenvalue weighted by atomic mass is 10.3. The summed E-state index contributed by atoms with van der Waals surface area (Å²) in [5, 5.41) is 11.6. The van der Waals surface area contributed by atoms with Crippen LogP contribution in [-0.4, -0.2) is 29.7 Å². The van der Waals surface area contributed by atoms with Crippen LogP contribution in [0.1, 0.15) is 34.0 Å². The highest BCUT2D eigenvalue weighted by Crippen LogP contribution is 2.16. The van der Waals surface area contributed by atoms with Gasteiger partial charge in [-0.3, -0.25) is 4.99 Å². The van der Waals surface area contributed by atoms with Gasteiger partial charge in [-0.2, -0.15) is 0 Å². The van der Waals surface area contributed by atoms with Gasteiger partial charge in [0.25, 0.3) is 0 Å². The molecule has 2 aromatic heterocycles. The van der Waals surface area contributed by atoms with Gasteiger partial charge in [0.15, 0.2) is 11.7 Å². The summed E-state index contributed by atoms with van der Waals surface area (Å²) in [5.41, 5.74) is 2.09. The standard InChI is InChI=1S/C15H23N5OS/c1-5-12-8-13(21-20-12)9-18-15(16-4)17-7-6-14-19-10(2)11(3)22-14/h8H,5-7,9H2,1-4H3,(H2,16,17,18). The van der Waals surface area contributed by atoms with Crippen LogP contribution in [0.25, 0.3) is 0 Å². The summed E-state index contributed by atoms with van der Waals surface area (Å²) in [6.45, 7) is 7.57. The fourth-order valence-corrected chi connectivity index (χ4v) is 2.86. The molecular formula is C15H23N5OS. The Kier molecular flexibility index (Phi) is 5.94. The molecule has 0 saturated heterocycles. The van der Waals surface area contributed by atoms with Gasteiger partial charge in [-0.25, -0.2) is 4.98 Å². The second-order valence-electron chi connectivity index (χ2n) is 4.99. The monoisotopic (exact) mass is 321 g/mol. The van der Waals surface area contributed by atoms with Crippen LogP contribution < -0.4 is 10.6 Å². The number of thiazole rings is 1. The number of aliphatic imine (C=N–C) groups is 1. The van der Waals surface area contributed by atoms with E-state index in [0.29, 0.717) is 6.54 Å². The average Bonchev–Trinajstić information content (AvgIpc) is 3.09. The highest BCUT2D eigenvalue weighted by atomic mass is 32.1. The van der Waals surface area contributed by atoms with Crippen LogP contribution in [-0.2, 0) is 19.4 Å². The zero-order valence-corrected chi connectivity index (χ0v) is 14.4. The summed E-state index contributed by atoms with van der Waals surface area (Å²) in [5.74, 6) is 1.56. The maximum atomic E-state index is 5.24. The van der Waals surface area contributed by atoms with Crippen molar-refractivity contribution >= 4 is 17.3 Å². The van der Waals surface area contributed by atoms with E-state index in [1.54, 1.807) is 18.4 Å². The first kappa shape index (κ1) is 16.5. The SMILES string of the molecule is CCc1cc(CNC(=NC)NCCc2nc(C)c(C)s2)on1. The van der Waals surface area contributed by atoms with Gasteiger partial charge in [0.2, 0.25) is 0 Å². The van der Waals surface area contributed by atoms with Gasteiger partial charge in [0.1, 0.15) is 0 Å². The van der Waals surface area contributed by atoms with Crippen molar-refractivity contribution in [3.8, 4) is 0 Å². The van der Waals surface area contributed by atoms with E-state index >= 15 is 0 Å². The summed E-state index contributed by atoms with van der Waals surface area (Å²) in [7, 11) is 1.75. The number of guanidine groups is 1. The van der Waals surface area contributed by atoms with Crippen molar-refractivity contribution in [2.24, 2.45) is 4.99 Å². The fourth-order valence-electron chi connectivity index (χ4n) is 1.93. The van der Waals surface area contributed by atoms with E-state index < -0.39 is 0 Å². The summed E-state index contributed by atoms with van der Waals surface area (Å²) in [6.07, 6.45) is 1.77. The molecule has 0 aliphatic heterocycles. The topological polar surface area (TPSA) is 75.3 Å². The average molecular weight is 321 g/mol. The summed E-state index contributed by atoms with van der Waals surface area (Å²) in [6, 6.07) is 1.96. The second-order valence-corrected chi connectivity index (χ2v) is 6.28. The third-order valence-electron chi connectivity index (χ3n) is 3.33. The number of aryl methyl sites for hydroxylation is 3. The van der Waals surface area contributed by atoms with E-state index in [4.69, 9.17) is 4.52 Å². The van der Waals surface area contributed by atoms with Crippen LogP contribution >= 0.6 is 11.3 Å². The molecule has 0 aromatic carbocycles. The van der Waals surface area contributed by atoms with Gasteiger partial charge in [-0.05, 0) is 20.3 Å². The van der Waals surface area contributed by atoms with Crippen molar-refractivity contribution in [1.29, 1.82) is 0 Å². The second kappa shape index (κ2) is 7.93. The smallest absolute Gasteiger partial charge is 0.191 e. The van der Waals surface area contributed by atoms with E-state index in [9.17, 15) is 0 Å². The van der Waals surface area contributed by atoms with Crippen molar-refractivity contribution < 1.29 is 4.52 Å². The predicted octanol–water partition coefficient (Wildman–Crippen LogP) is 2.22. The number of aromatic nitrogens is 2. The van der Waals surface area contributed by atoms with Gasteiger partial charge in [0.05, 0.1) is 22.9 Å². The minimum absolute atomic E-state index is 0.572. The number of nitrogens with zero attached hydrogens (tertiary/aromatic N) is 3. The van der Waals surface area contributed by atoms with Gasteiger partial charge in [-0.15, -0.1) is 11.3 Å². The molecule has 6 nitrogen and oxygen atoms in total. The summed E-state index contributed by atoms with van der Waals surface area (Å²) >= 11 is 1.75. The normalized spacial score (nSPS) is 11.7. The van der Waals surface area contributed by atoms with Crippen LogP contribution in [0.5, 0.6) is 0 Å². The maximum absolute atomic E-state index is 5.24. The lowest BCUT2D eigenvalue weighted by Gasteiger charge is -2.09. The Morgan fingerprint density at radius 3 is 2.77 bits per heavy atom. The van der Waals surface area contributed by atoms with E-state index in [1.165, 1.54) is 4.88 Å². The molecule has 0 saturated carbocycles. The summed E-state index contributed by atoms with van der Waals surface area (Å²) in [4.78, 5) is 10.0. The lowest BCUT2D eigenvalue weighted by Crippen LogP contribution is -2.37. The Balaban J connectivity index is 1.75. The van der Waals surface area contributed by atoms with E-state index in [0.717, 1.165) is 47.5 Å². The Morgan fingerprint density at radius 1 is 1.36 bits per heavy atom. The van der Waals surface area contributed by atoms with Crippen molar-refractivity contribution in [3.05, 3.63) is 33.1 Å². The zero-order chi connectivity index (χ0) is 15.9. The van der Waals surface area contributed by atoms with Crippen LogP contribution in [0.4, 0.5) is 0 Å². The molecule has 2 heterocycles. The molecule has 22 heavy (non-hydrogen) atoms. The molecule has 0 amide bonds. The quantitative estimate of drug-likeness (QED) is 0.630. The Hall–Kier alpha value is -1.89. The number of rotatable bonds is 6. The minimum Gasteiger partial charge on any atom is -0.359 e. The molecule has 0 fully saturated rings. The summed E-state index contributed by atoms with van der Waals surface area (Å²) < 4.78 is 5.24. The molecule has 2 rings (SSSR count). The minimum atomic E-state index is 0.572. The molecule has 0 radical (unpaired) electrons. The largest absolute Gasteiger partial charge is 0.359 e. The number of nitrogens with one attached hydrogen (secondary N) is 2. The van der Waals surface area contributed by atoms with E-state index in [2.05, 4.69) is 39.6 Å². The lowest BCUT2D eigenvalue weighted by molar-refractivity contribution is 0.374. The molecule has 0 unspecified atom stereocenters. The highest BCUT2D eigenvalue weighted by Gasteiger charge is 2.06. The maximum Gasteiger partial charge on any atom is 0.191 e. The number of hydrogen-bond donors (Lipinski definition) is 2. The van der Waals surface area contributed by atoms with E-state index in [1.807, 2.05) is 13.0 Å². The van der Waals surface area contributed by atoms with Crippen LogP contribution in [0.15, 0.2) is 15.6 Å². The van der Waals surface area contributed by atoms with Crippen LogP contribution in [0.3, 0.4) is 0 Å². The van der Waals surface area contributed by atoms with Crippen LogP contribution in [0.2, 0.25) is 0 Å². The van der Waals surface area contributed by atoms with Crippen molar-refractivity contribution in [2.75, 3.05) is 13.6 Å². The molecule has 0 atom stereocenters. The van der Waals surface area contributed by atoms with Crippen molar-refractivity contribution in [3.63, 3.8) is 0 Å². The Morgan fingerprint density at radius 2 is 2.18 bits per heavy atom. The molecule has 0 aliphatic carbocycles. The van der Waals surface area contributed by atoms with E-state index in [-0.39, 0.29) is 0 Å². The van der Waals surface area contributed by atoms with Gasteiger partial charge >= 0.3 is 0 Å². The van der Waals surface area contributed by atoms with Crippen LogP contribution in [0, 0.1) is 13.8 Å². The van der Waals surface area contributed by atoms with Crippen molar-refractivity contribution in [1.82, 2.24) is 20.8 Å². The molecule has 0 spiro atoms. The Labute approximate surface area is 135 Å². The molecule has 2 N–H and O–H groups in total. The number of hydrogen-bond acceptors (Lipinski definition) is 5. The first-order valence-corrected chi connectivity index (χ1v) is 8.26. The van der Waals surface area contributed by atoms with Gasteiger partial charge < -0.3 is 15.2 Å². The predicted molar refractivity (Wildman–Crippen MR) is 89.4 cm³/mol. The van der Waals surface area contributed by atoms with Gasteiger partial charge in [-0.1, -0.05) is 12.1 Å². The third kappa shape index (κ3) is 4.56. The zero-order valence-electron chi connectivity index (χ0n) is 13.6. The molecule has 2 aromatic rings. The van der Waals surface area contributed by atoms with Gasteiger partial charge in [0, 0.05) is 31.0 Å². The first-order valence-electron chi connectivity index (χ1n) is 7.44. The molecular weight excluding hydrogens is 298 g/mol. The third-order valence-corrected chi connectivity index (χ3v) is 4.46.